The summed E-state index contributed by atoms with van der Waals surface area (Å²) in [4.78, 5) is 3.70. The molecule has 0 aromatic carbocycles. The number of ether oxygens (including phenoxy) is 1. The molecule has 0 aliphatic heterocycles. The first kappa shape index (κ1) is 10.2. The summed E-state index contributed by atoms with van der Waals surface area (Å²) in [5.74, 6) is -0.115. The molecule has 3 nitrogen and oxygen atoms in total. The summed E-state index contributed by atoms with van der Waals surface area (Å²) in [6.45, 7) is 0. The number of hydrogen-bond acceptors (Lipinski definition) is 3. The van der Waals surface area contributed by atoms with Crippen molar-refractivity contribution in [2.24, 2.45) is 0 Å². The summed E-state index contributed by atoms with van der Waals surface area (Å²) < 4.78 is 29.6. The number of pyridine rings is 1. The summed E-state index contributed by atoms with van der Waals surface area (Å²) in [6, 6.07) is 1.14. The number of hydrogen-bond donors (Lipinski definition) is 1. The van der Waals surface area contributed by atoms with Gasteiger partial charge in [-0.05, 0) is 22.0 Å². The lowest BCUT2D eigenvalue weighted by atomic mass is 10.2. The molecular formula is C7H7BrF2N2O. The molecule has 0 radical (unpaired) electrons. The van der Waals surface area contributed by atoms with Crippen molar-refractivity contribution in [2.75, 3.05) is 12.8 Å². The zero-order valence-electron chi connectivity index (χ0n) is 6.72. The van der Waals surface area contributed by atoms with Gasteiger partial charge in [0.05, 0.1) is 18.4 Å². The lowest BCUT2D eigenvalue weighted by molar-refractivity contribution is 0.146. The molecule has 6 heteroatoms. The molecule has 72 valence electrons. The van der Waals surface area contributed by atoms with Gasteiger partial charge in [-0.2, -0.15) is 0 Å². The Labute approximate surface area is 82.0 Å². The van der Waals surface area contributed by atoms with Crippen LogP contribution in [-0.2, 0) is 0 Å². The van der Waals surface area contributed by atoms with Crippen LogP contribution in [0.1, 0.15) is 12.0 Å². The Morgan fingerprint density at radius 3 is 2.69 bits per heavy atom. The molecule has 0 amide bonds. The number of nitrogens with zero attached hydrogens (tertiary/aromatic N) is 1. The van der Waals surface area contributed by atoms with Gasteiger partial charge < -0.3 is 10.5 Å². The zero-order valence-corrected chi connectivity index (χ0v) is 8.31. The van der Waals surface area contributed by atoms with Crippen molar-refractivity contribution in [3.63, 3.8) is 0 Å². The normalized spacial score (nSPS) is 10.5. The number of nitrogens with two attached hydrogens (primary N) is 1. The second-order valence-corrected chi connectivity index (χ2v) is 3.02. The molecular weight excluding hydrogens is 246 g/mol. The molecule has 1 aromatic rings. The highest BCUT2D eigenvalue weighted by molar-refractivity contribution is 9.10. The Hall–Kier alpha value is -0.910. The van der Waals surface area contributed by atoms with Gasteiger partial charge >= 0.3 is 0 Å². The van der Waals surface area contributed by atoms with Crippen LogP contribution in [0.15, 0.2) is 10.7 Å². The zero-order chi connectivity index (χ0) is 10.0. The highest BCUT2D eigenvalue weighted by atomic mass is 79.9. The molecule has 1 rings (SSSR count). The predicted octanol–water partition coefficient (Wildman–Crippen LogP) is 2.37. The molecule has 2 N–H and O–H groups in total. The minimum absolute atomic E-state index is 0.115. The van der Waals surface area contributed by atoms with E-state index >= 15 is 0 Å². The number of aromatic nitrogens is 1. The molecule has 0 bridgehead atoms. The third kappa shape index (κ3) is 2.06. The van der Waals surface area contributed by atoms with Crippen LogP contribution in [0, 0.1) is 0 Å². The molecule has 0 aliphatic rings. The largest absolute Gasteiger partial charge is 0.481 e. The quantitative estimate of drug-likeness (QED) is 0.823. The minimum Gasteiger partial charge on any atom is -0.481 e. The average Bonchev–Trinajstić information content (AvgIpc) is 2.08. The molecule has 0 spiro atoms. The smallest absolute Gasteiger partial charge is 0.269 e. The topological polar surface area (TPSA) is 48.1 Å². The second kappa shape index (κ2) is 3.87. The van der Waals surface area contributed by atoms with Gasteiger partial charge in [0.15, 0.2) is 0 Å². The minimum atomic E-state index is -2.64. The number of alkyl halides is 2. The standard InChI is InChI=1S/C7H7BrF2N2O/c1-13-7-3(6(9)10)2-4(11)5(8)12-7/h2,6H,11H2,1H3. The van der Waals surface area contributed by atoms with Gasteiger partial charge in [-0.1, -0.05) is 0 Å². The van der Waals surface area contributed by atoms with Crippen molar-refractivity contribution < 1.29 is 13.5 Å². The van der Waals surface area contributed by atoms with Crippen LogP contribution in [0.5, 0.6) is 5.88 Å². The van der Waals surface area contributed by atoms with Crippen molar-refractivity contribution in [3.05, 3.63) is 16.2 Å². The van der Waals surface area contributed by atoms with Gasteiger partial charge in [-0.3, -0.25) is 0 Å². The first-order valence-corrected chi connectivity index (χ1v) is 4.13. The van der Waals surface area contributed by atoms with Crippen molar-refractivity contribution >= 4 is 21.6 Å². The highest BCUT2D eigenvalue weighted by Gasteiger charge is 2.17. The fraction of sp³-hybridized carbons (Fsp3) is 0.286. The van der Waals surface area contributed by atoms with Gasteiger partial charge in [-0.25, -0.2) is 13.8 Å². The number of nitrogen functional groups attached to an aromatic ring is 1. The first-order chi connectivity index (χ1) is 6.06. The van der Waals surface area contributed by atoms with Crippen LogP contribution in [0.3, 0.4) is 0 Å². The second-order valence-electron chi connectivity index (χ2n) is 2.27. The average molecular weight is 253 g/mol. The lowest BCUT2D eigenvalue weighted by Crippen LogP contribution is -1.99. The Kier molecular flexibility index (Phi) is 3.02. The maximum absolute atomic E-state index is 12.3. The summed E-state index contributed by atoms with van der Waals surface area (Å²) in [7, 11) is 1.27. The van der Waals surface area contributed by atoms with Gasteiger partial charge in [0, 0.05) is 0 Å². The first-order valence-electron chi connectivity index (χ1n) is 3.34. The van der Waals surface area contributed by atoms with E-state index in [2.05, 4.69) is 25.7 Å². The van der Waals surface area contributed by atoms with Gasteiger partial charge in [0.2, 0.25) is 5.88 Å². The number of halogens is 3. The summed E-state index contributed by atoms with van der Waals surface area (Å²) in [5, 5.41) is 0. The van der Waals surface area contributed by atoms with E-state index < -0.39 is 6.43 Å². The highest BCUT2D eigenvalue weighted by Crippen LogP contribution is 2.31. The fourth-order valence-electron chi connectivity index (χ4n) is 0.827. The SMILES string of the molecule is COc1nc(Br)c(N)cc1C(F)F. The Morgan fingerprint density at radius 1 is 1.62 bits per heavy atom. The van der Waals surface area contributed by atoms with Crippen LogP contribution in [-0.4, -0.2) is 12.1 Å². The van der Waals surface area contributed by atoms with Crippen LogP contribution in [0.2, 0.25) is 0 Å². The van der Waals surface area contributed by atoms with Crippen LogP contribution in [0.4, 0.5) is 14.5 Å². The van der Waals surface area contributed by atoms with Crippen LogP contribution < -0.4 is 10.5 Å². The lowest BCUT2D eigenvalue weighted by Gasteiger charge is -2.08. The molecule has 1 aromatic heterocycles. The number of anilines is 1. The van der Waals surface area contributed by atoms with Gasteiger partial charge in [0.25, 0.3) is 6.43 Å². The molecule has 0 atom stereocenters. The Balaban J connectivity index is 3.25. The van der Waals surface area contributed by atoms with Crippen molar-refractivity contribution in [3.8, 4) is 5.88 Å². The van der Waals surface area contributed by atoms with E-state index in [1.807, 2.05) is 0 Å². The summed E-state index contributed by atoms with van der Waals surface area (Å²) in [6.07, 6.45) is -2.64. The monoisotopic (exact) mass is 252 g/mol. The maximum Gasteiger partial charge on any atom is 0.269 e. The molecule has 0 unspecified atom stereocenters. The third-order valence-electron chi connectivity index (χ3n) is 1.42. The van der Waals surface area contributed by atoms with Gasteiger partial charge in [0.1, 0.15) is 4.60 Å². The van der Waals surface area contributed by atoms with Crippen LogP contribution >= 0.6 is 15.9 Å². The predicted molar refractivity (Wildman–Crippen MR) is 47.9 cm³/mol. The Morgan fingerprint density at radius 2 is 2.23 bits per heavy atom. The molecule has 0 fully saturated rings. The van der Waals surface area contributed by atoms with Crippen molar-refractivity contribution in [1.29, 1.82) is 0 Å². The molecule has 1 heterocycles. The fourth-order valence-corrected chi connectivity index (χ4v) is 1.10. The summed E-state index contributed by atoms with van der Waals surface area (Å²) in [5.41, 5.74) is 5.24. The van der Waals surface area contributed by atoms with E-state index in [1.165, 1.54) is 7.11 Å². The van der Waals surface area contributed by atoms with E-state index in [0.29, 0.717) is 4.60 Å². The summed E-state index contributed by atoms with van der Waals surface area (Å²) >= 11 is 3.01. The molecule has 0 aliphatic carbocycles. The molecule has 0 saturated carbocycles. The van der Waals surface area contributed by atoms with E-state index in [9.17, 15) is 8.78 Å². The van der Waals surface area contributed by atoms with Crippen LogP contribution in [0.25, 0.3) is 0 Å². The van der Waals surface area contributed by atoms with E-state index in [4.69, 9.17) is 5.73 Å². The number of methoxy groups -OCH3 is 1. The Bertz CT molecular complexity index is 320. The van der Waals surface area contributed by atoms with Crippen molar-refractivity contribution in [2.45, 2.75) is 6.43 Å². The van der Waals surface area contributed by atoms with Crippen molar-refractivity contribution in [1.82, 2.24) is 4.98 Å². The van der Waals surface area contributed by atoms with E-state index in [-0.39, 0.29) is 17.1 Å². The van der Waals surface area contributed by atoms with E-state index in [0.717, 1.165) is 6.07 Å². The maximum atomic E-state index is 12.3. The molecule has 0 saturated heterocycles. The molecule has 13 heavy (non-hydrogen) atoms. The third-order valence-corrected chi connectivity index (χ3v) is 2.06. The van der Waals surface area contributed by atoms with Gasteiger partial charge in [-0.15, -0.1) is 0 Å². The number of rotatable bonds is 2. The van der Waals surface area contributed by atoms with E-state index in [1.54, 1.807) is 0 Å².